The minimum atomic E-state index is -3.75. The van der Waals surface area contributed by atoms with E-state index < -0.39 is 31.4 Å². The molecule has 0 spiro atoms. The molecule has 1 saturated carbocycles. The second-order valence-electron chi connectivity index (χ2n) is 9.97. The number of hydrogen-bond donors (Lipinski definition) is 1. The molecular formula is C24H31N5O6PS. The van der Waals surface area contributed by atoms with Gasteiger partial charge in [0.1, 0.15) is 16.9 Å². The minimum absolute atomic E-state index is 0.141. The number of benzene rings is 1. The average molecular weight is 549 g/mol. The van der Waals surface area contributed by atoms with Gasteiger partial charge in [-0.05, 0) is 52.7 Å². The van der Waals surface area contributed by atoms with Crippen LogP contribution in [0.5, 0.6) is 0 Å². The number of esters is 1. The quantitative estimate of drug-likeness (QED) is 0.151. The molecule has 3 aromatic rings. The summed E-state index contributed by atoms with van der Waals surface area (Å²) in [5, 5.41) is 0.657. The molecule has 1 atom stereocenters. The first-order valence-electron chi connectivity index (χ1n) is 11.6. The van der Waals surface area contributed by atoms with Crippen molar-refractivity contribution in [3.05, 3.63) is 43.3 Å². The summed E-state index contributed by atoms with van der Waals surface area (Å²) in [6.45, 7) is 7.02. The lowest BCUT2D eigenvalue weighted by Crippen LogP contribution is -2.25. The zero-order valence-corrected chi connectivity index (χ0v) is 23.0. The summed E-state index contributed by atoms with van der Waals surface area (Å²) in [6, 6.07) is 8.10. The van der Waals surface area contributed by atoms with Crippen LogP contribution in [0.1, 0.15) is 39.2 Å². The third-order valence-corrected chi connectivity index (χ3v) is 8.05. The lowest BCUT2D eigenvalue weighted by atomic mass is 9.98. The van der Waals surface area contributed by atoms with Crippen molar-refractivity contribution in [3.8, 4) is 0 Å². The average Bonchev–Trinajstić information content (AvgIpc) is 3.50. The zero-order chi connectivity index (χ0) is 26.8. The summed E-state index contributed by atoms with van der Waals surface area (Å²) in [7, 11) is -0.502. The van der Waals surface area contributed by atoms with Gasteiger partial charge in [0.05, 0.1) is 31.0 Å². The Morgan fingerprint density at radius 3 is 2.57 bits per heavy atom. The summed E-state index contributed by atoms with van der Waals surface area (Å²) in [6.07, 6.45) is 2.78. The third kappa shape index (κ3) is 6.88. The second-order valence-corrected chi connectivity index (χ2v) is 13.0. The first-order chi connectivity index (χ1) is 17.4. The van der Waals surface area contributed by atoms with Crippen molar-refractivity contribution in [2.75, 3.05) is 18.9 Å². The van der Waals surface area contributed by atoms with Crippen molar-refractivity contribution in [3.63, 3.8) is 0 Å². The lowest BCUT2D eigenvalue weighted by molar-refractivity contribution is -0.160. The Hall–Kier alpha value is -2.50. The van der Waals surface area contributed by atoms with Crippen LogP contribution in [0.4, 0.5) is 5.95 Å². The number of fused-ring (bicyclic) bond motifs is 1. The van der Waals surface area contributed by atoms with Crippen LogP contribution in [-0.2, 0) is 34.4 Å². The molecule has 1 aromatic carbocycles. The fourth-order valence-electron chi connectivity index (χ4n) is 3.34. The first kappa shape index (κ1) is 27.5. The number of aryl methyl sites for hydroxylation is 1. The van der Waals surface area contributed by atoms with Crippen molar-refractivity contribution >= 4 is 42.4 Å². The van der Waals surface area contributed by atoms with Crippen LogP contribution in [-0.4, -0.2) is 44.2 Å². The normalized spacial score (nSPS) is 16.5. The van der Waals surface area contributed by atoms with E-state index in [1.54, 1.807) is 27.1 Å². The molecule has 0 amide bonds. The largest absolute Gasteiger partial charge is 0.438 e. The number of imidazole rings is 1. The Bertz CT molecular complexity index is 1320. The van der Waals surface area contributed by atoms with Gasteiger partial charge in [-0.1, -0.05) is 29.5 Å². The highest BCUT2D eigenvalue weighted by molar-refractivity contribution is 7.99. The number of anilines is 1. The molecule has 2 N–H and O–H groups in total. The van der Waals surface area contributed by atoms with Crippen LogP contribution >= 0.6 is 19.4 Å². The van der Waals surface area contributed by atoms with Crippen LogP contribution in [0.15, 0.2) is 40.5 Å². The van der Waals surface area contributed by atoms with Crippen molar-refractivity contribution in [2.24, 2.45) is 5.41 Å². The molecule has 1 aliphatic carbocycles. The van der Waals surface area contributed by atoms with E-state index >= 15 is 0 Å². The number of nitrogens with two attached hydrogens (primary N) is 1. The van der Waals surface area contributed by atoms with Gasteiger partial charge in [-0.3, -0.25) is 13.9 Å². The molecule has 199 valence electrons. The van der Waals surface area contributed by atoms with Crippen LogP contribution in [0.2, 0.25) is 0 Å². The number of hydrogen-bond acceptors (Lipinski definition) is 11. The Balaban J connectivity index is 1.42. The zero-order valence-electron chi connectivity index (χ0n) is 21.3. The van der Waals surface area contributed by atoms with Gasteiger partial charge in [-0.2, -0.15) is 4.98 Å². The van der Waals surface area contributed by atoms with E-state index in [9.17, 15) is 9.36 Å². The van der Waals surface area contributed by atoms with Gasteiger partial charge in [-0.15, -0.1) is 0 Å². The Morgan fingerprint density at radius 1 is 1.24 bits per heavy atom. The Kier molecular flexibility index (Phi) is 7.96. The van der Waals surface area contributed by atoms with E-state index in [0.29, 0.717) is 22.7 Å². The fraction of sp³-hybridized carbons (Fsp3) is 0.458. The van der Waals surface area contributed by atoms with E-state index in [2.05, 4.69) is 22.1 Å². The van der Waals surface area contributed by atoms with E-state index in [4.69, 9.17) is 24.3 Å². The number of carbonyl (C=O) groups is 1. The molecule has 2 heterocycles. The molecule has 0 bridgehead atoms. The molecule has 0 aliphatic heterocycles. The number of aromatic nitrogens is 4. The molecule has 13 heteroatoms. The second kappa shape index (κ2) is 10.7. The van der Waals surface area contributed by atoms with Crippen molar-refractivity contribution in [2.45, 2.75) is 62.6 Å². The number of rotatable bonds is 11. The topological polar surface area (TPSA) is 141 Å². The SMILES string of the molecule is [CH2]OP(=O)(COC1(Cn2cnc3c(Sc4ccc(C)cc4)nc(N)nc32)CC1)OCOC(=O)C(C)(C)C. The predicted octanol–water partition coefficient (Wildman–Crippen LogP) is 4.94. The van der Waals surface area contributed by atoms with Crippen molar-refractivity contribution < 1.29 is 27.9 Å². The molecule has 1 radical (unpaired) electrons. The third-order valence-electron chi connectivity index (χ3n) is 5.73. The lowest BCUT2D eigenvalue weighted by Gasteiger charge is -2.22. The maximum atomic E-state index is 12.9. The number of carbonyl (C=O) groups excluding carboxylic acids is 1. The summed E-state index contributed by atoms with van der Waals surface area (Å²) >= 11 is 1.46. The molecule has 1 fully saturated rings. The van der Waals surface area contributed by atoms with Crippen LogP contribution in [0.25, 0.3) is 11.2 Å². The van der Waals surface area contributed by atoms with Gasteiger partial charge in [0.2, 0.25) is 12.7 Å². The van der Waals surface area contributed by atoms with Crippen LogP contribution in [0, 0.1) is 19.4 Å². The Morgan fingerprint density at radius 2 is 1.95 bits per heavy atom. The molecule has 2 aromatic heterocycles. The molecule has 1 unspecified atom stereocenters. The molecule has 0 saturated heterocycles. The number of ether oxygens (including phenoxy) is 2. The summed E-state index contributed by atoms with van der Waals surface area (Å²) in [4.78, 5) is 26.2. The Labute approximate surface area is 220 Å². The smallest absolute Gasteiger partial charge is 0.359 e. The highest BCUT2D eigenvalue weighted by Gasteiger charge is 2.46. The van der Waals surface area contributed by atoms with Gasteiger partial charge in [-0.25, -0.2) is 9.97 Å². The fourth-order valence-corrected chi connectivity index (χ4v) is 5.09. The summed E-state index contributed by atoms with van der Waals surface area (Å²) in [5.41, 5.74) is 7.08. The maximum absolute atomic E-state index is 12.9. The van der Waals surface area contributed by atoms with E-state index in [1.807, 2.05) is 35.8 Å². The van der Waals surface area contributed by atoms with Crippen LogP contribution in [0.3, 0.4) is 0 Å². The number of nitrogens with zero attached hydrogens (tertiary/aromatic N) is 4. The summed E-state index contributed by atoms with van der Waals surface area (Å²) in [5.74, 6) is -0.348. The molecule has 1 aliphatic rings. The predicted molar refractivity (Wildman–Crippen MR) is 139 cm³/mol. The molecule has 11 nitrogen and oxygen atoms in total. The first-order valence-corrected chi connectivity index (χ1v) is 14.2. The molecule has 37 heavy (non-hydrogen) atoms. The highest BCUT2D eigenvalue weighted by atomic mass is 32.2. The van der Waals surface area contributed by atoms with Crippen LogP contribution < -0.4 is 5.73 Å². The monoisotopic (exact) mass is 548 g/mol. The van der Waals surface area contributed by atoms with E-state index in [-0.39, 0.29) is 12.3 Å². The van der Waals surface area contributed by atoms with Gasteiger partial charge in [0.15, 0.2) is 5.65 Å². The van der Waals surface area contributed by atoms with Crippen molar-refractivity contribution in [1.82, 2.24) is 19.5 Å². The standard InChI is InChI=1S/C24H31N5O6PS/c1-16-6-8-17(9-7-16)37-20-18-19(27-22(25)28-20)29(13-26-18)12-24(10-11-24)34-15-36(31,32-5)35-14-33-21(30)23(2,3)4/h6-9,13H,5,10-12,14-15H2,1-4H3,(H2,25,27,28). The number of nitrogen functional groups attached to an aromatic ring is 1. The highest BCUT2D eigenvalue weighted by Crippen LogP contribution is 2.52. The van der Waals surface area contributed by atoms with Gasteiger partial charge in [0.25, 0.3) is 0 Å². The van der Waals surface area contributed by atoms with Crippen molar-refractivity contribution in [1.29, 1.82) is 0 Å². The van der Waals surface area contributed by atoms with Gasteiger partial charge in [0, 0.05) is 4.90 Å². The van der Waals surface area contributed by atoms with Gasteiger partial charge >= 0.3 is 13.6 Å². The minimum Gasteiger partial charge on any atom is -0.438 e. The van der Waals surface area contributed by atoms with E-state index in [1.165, 1.54) is 17.3 Å². The molecule has 4 rings (SSSR count). The molecular weight excluding hydrogens is 517 g/mol. The maximum Gasteiger partial charge on any atom is 0.359 e. The van der Waals surface area contributed by atoms with E-state index in [0.717, 1.165) is 17.7 Å². The summed E-state index contributed by atoms with van der Waals surface area (Å²) < 4.78 is 35.8. The van der Waals surface area contributed by atoms with Gasteiger partial charge < -0.3 is 24.3 Å².